The van der Waals surface area contributed by atoms with Gasteiger partial charge in [-0.15, -0.1) is 0 Å². The van der Waals surface area contributed by atoms with E-state index in [9.17, 15) is 9.59 Å². The molecule has 0 rings (SSSR count). The van der Waals surface area contributed by atoms with Crippen LogP contribution in [-0.2, 0) is 4.79 Å². The Morgan fingerprint density at radius 3 is 2.45 bits per heavy atom. The third-order valence-electron chi connectivity index (χ3n) is 1.36. The molecule has 0 spiro atoms. The van der Waals surface area contributed by atoms with Crippen molar-refractivity contribution in [3.8, 4) is 0 Å². The van der Waals surface area contributed by atoms with Gasteiger partial charge in [0.1, 0.15) is 0 Å². The Morgan fingerprint density at radius 2 is 2.18 bits per heavy atom. The van der Waals surface area contributed by atoms with Crippen molar-refractivity contribution in [2.24, 2.45) is 11.7 Å². The number of aliphatic carboxylic acids is 1. The number of urea groups is 1. The summed E-state index contributed by atoms with van der Waals surface area (Å²) in [7, 11) is 0. The summed E-state index contributed by atoms with van der Waals surface area (Å²) in [5.74, 6) is -1.45. The molecule has 0 saturated carbocycles. The summed E-state index contributed by atoms with van der Waals surface area (Å²) in [6, 6.07) is -0.690. The molecule has 0 heterocycles. The van der Waals surface area contributed by atoms with Gasteiger partial charge in [-0.3, -0.25) is 4.79 Å². The molecule has 0 bridgehead atoms. The highest BCUT2D eigenvalue weighted by atomic mass is 16.4. The van der Waals surface area contributed by atoms with Crippen LogP contribution in [0.15, 0.2) is 0 Å². The minimum atomic E-state index is -0.916. The molecule has 0 aliphatic rings. The van der Waals surface area contributed by atoms with Gasteiger partial charge in [-0.2, -0.15) is 0 Å². The number of hydrogen-bond donors (Lipinski definition) is 3. The van der Waals surface area contributed by atoms with E-state index < -0.39 is 17.9 Å². The number of carboxylic acids is 1. The molecule has 0 aromatic carbocycles. The SMILES string of the molecule is CCC(CNC(N)=O)C(=O)O. The highest BCUT2D eigenvalue weighted by Gasteiger charge is 2.14. The molecule has 0 aliphatic heterocycles. The molecule has 2 amide bonds. The summed E-state index contributed by atoms with van der Waals surface area (Å²) in [5.41, 5.74) is 4.75. The molecule has 0 aromatic rings. The van der Waals surface area contributed by atoms with E-state index in [2.05, 4.69) is 5.32 Å². The fraction of sp³-hybridized carbons (Fsp3) is 0.667. The maximum absolute atomic E-state index is 10.4. The third-order valence-corrected chi connectivity index (χ3v) is 1.36. The highest BCUT2D eigenvalue weighted by molar-refractivity contribution is 5.74. The summed E-state index contributed by atoms with van der Waals surface area (Å²) in [6.07, 6.45) is 0.482. The maximum atomic E-state index is 10.4. The van der Waals surface area contributed by atoms with Gasteiger partial charge >= 0.3 is 12.0 Å². The number of hydrogen-bond acceptors (Lipinski definition) is 2. The van der Waals surface area contributed by atoms with Crippen LogP contribution in [0, 0.1) is 5.92 Å². The van der Waals surface area contributed by atoms with E-state index in [-0.39, 0.29) is 6.54 Å². The molecule has 1 unspecified atom stereocenters. The number of amides is 2. The largest absolute Gasteiger partial charge is 0.481 e. The summed E-state index contributed by atoms with van der Waals surface area (Å²) in [5, 5.41) is 10.7. The lowest BCUT2D eigenvalue weighted by molar-refractivity contribution is -0.141. The van der Waals surface area contributed by atoms with Gasteiger partial charge in [0.2, 0.25) is 0 Å². The number of primary amides is 1. The predicted octanol–water partition coefficient (Wildman–Crippen LogP) is -0.235. The van der Waals surface area contributed by atoms with Crippen molar-refractivity contribution < 1.29 is 14.7 Å². The molecule has 0 fully saturated rings. The standard InChI is InChI=1S/C6H12N2O3/c1-2-4(5(9)10)3-8-6(7)11/h4H,2-3H2,1H3,(H,9,10)(H3,7,8,11). The summed E-state index contributed by atoms with van der Waals surface area (Å²) in [4.78, 5) is 20.5. The molecular formula is C6H12N2O3. The lowest BCUT2D eigenvalue weighted by atomic mass is 10.1. The number of carbonyl (C=O) groups excluding carboxylic acids is 1. The molecule has 0 aromatic heterocycles. The van der Waals surface area contributed by atoms with Crippen LogP contribution in [0.5, 0.6) is 0 Å². The van der Waals surface area contributed by atoms with Crippen LogP contribution in [0.2, 0.25) is 0 Å². The molecular weight excluding hydrogens is 148 g/mol. The number of carboxylic acid groups (broad SMARTS) is 1. The molecule has 5 heteroatoms. The van der Waals surface area contributed by atoms with E-state index in [4.69, 9.17) is 10.8 Å². The van der Waals surface area contributed by atoms with Gasteiger partial charge in [-0.25, -0.2) is 4.79 Å². The van der Waals surface area contributed by atoms with Crippen molar-refractivity contribution in [3.05, 3.63) is 0 Å². The van der Waals surface area contributed by atoms with E-state index in [1.54, 1.807) is 6.92 Å². The van der Waals surface area contributed by atoms with Crippen LogP contribution >= 0.6 is 0 Å². The van der Waals surface area contributed by atoms with Crippen LogP contribution in [-0.4, -0.2) is 23.7 Å². The second kappa shape index (κ2) is 4.54. The zero-order valence-corrected chi connectivity index (χ0v) is 6.33. The van der Waals surface area contributed by atoms with Crippen LogP contribution in [0.4, 0.5) is 4.79 Å². The van der Waals surface area contributed by atoms with Gasteiger partial charge in [0.15, 0.2) is 0 Å². The van der Waals surface area contributed by atoms with Crippen molar-refractivity contribution in [1.29, 1.82) is 0 Å². The summed E-state index contributed by atoms with van der Waals surface area (Å²) in [6.45, 7) is 1.84. The van der Waals surface area contributed by atoms with Crippen molar-refractivity contribution in [2.45, 2.75) is 13.3 Å². The molecule has 0 radical (unpaired) electrons. The van der Waals surface area contributed by atoms with Gasteiger partial charge in [0, 0.05) is 6.54 Å². The van der Waals surface area contributed by atoms with E-state index in [0.29, 0.717) is 6.42 Å². The minimum Gasteiger partial charge on any atom is -0.481 e. The second-order valence-electron chi connectivity index (χ2n) is 2.19. The second-order valence-corrected chi connectivity index (χ2v) is 2.19. The fourth-order valence-corrected chi connectivity index (χ4v) is 0.630. The normalized spacial score (nSPS) is 12.1. The smallest absolute Gasteiger partial charge is 0.312 e. The van der Waals surface area contributed by atoms with Crippen LogP contribution in [0.1, 0.15) is 13.3 Å². The zero-order chi connectivity index (χ0) is 8.85. The zero-order valence-electron chi connectivity index (χ0n) is 6.33. The number of nitrogens with one attached hydrogen (secondary N) is 1. The first kappa shape index (κ1) is 9.74. The minimum absolute atomic E-state index is 0.0984. The van der Waals surface area contributed by atoms with Gasteiger partial charge in [0.25, 0.3) is 0 Å². The molecule has 64 valence electrons. The quantitative estimate of drug-likeness (QED) is 0.530. The topological polar surface area (TPSA) is 92.4 Å². The van der Waals surface area contributed by atoms with Gasteiger partial charge in [-0.05, 0) is 6.42 Å². The molecule has 0 aliphatic carbocycles. The van der Waals surface area contributed by atoms with Crippen molar-refractivity contribution >= 4 is 12.0 Å². The maximum Gasteiger partial charge on any atom is 0.312 e. The Hall–Kier alpha value is -1.26. The lowest BCUT2D eigenvalue weighted by Gasteiger charge is -2.08. The van der Waals surface area contributed by atoms with Crippen molar-refractivity contribution in [2.75, 3.05) is 6.54 Å². The molecule has 4 N–H and O–H groups in total. The first-order valence-electron chi connectivity index (χ1n) is 3.34. The lowest BCUT2D eigenvalue weighted by Crippen LogP contribution is -2.36. The Bertz CT molecular complexity index is 158. The van der Waals surface area contributed by atoms with Crippen molar-refractivity contribution in [3.63, 3.8) is 0 Å². The Kier molecular flexibility index (Phi) is 4.02. The van der Waals surface area contributed by atoms with Crippen LogP contribution in [0.25, 0.3) is 0 Å². The summed E-state index contributed by atoms with van der Waals surface area (Å²) >= 11 is 0. The van der Waals surface area contributed by atoms with Gasteiger partial charge < -0.3 is 16.2 Å². The Balaban J connectivity index is 3.70. The molecule has 0 saturated heterocycles. The predicted molar refractivity (Wildman–Crippen MR) is 39.0 cm³/mol. The number of nitrogens with two attached hydrogens (primary N) is 1. The molecule has 1 atom stereocenters. The van der Waals surface area contributed by atoms with E-state index in [1.807, 2.05) is 0 Å². The van der Waals surface area contributed by atoms with E-state index in [1.165, 1.54) is 0 Å². The van der Waals surface area contributed by atoms with E-state index in [0.717, 1.165) is 0 Å². The van der Waals surface area contributed by atoms with Gasteiger partial charge in [0.05, 0.1) is 5.92 Å². The molecule has 5 nitrogen and oxygen atoms in total. The van der Waals surface area contributed by atoms with Crippen LogP contribution in [0.3, 0.4) is 0 Å². The van der Waals surface area contributed by atoms with Crippen LogP contribution < -0.4 is 11.1 Å². The third kappa shape index (κ3) is 4.19. The monoisotopic (exact) mass is 160 g/mol. The Morgan fingerprint density at radius 1 is 1.64 bits per heavy atom. The van der Waals surface area contributed by atoms with E-state index >= 15 is 0 Å². The first-order chi connectivity index (χ1) is 5.07. The fourth-order valence-electron chi connectivity index (χ4n) is 0.630. The summed E-state index contributed by atoms with van der Waals surface area (Å²) < 4.78 is 0. The first-order valence-corrected chi connectivity index (χ1v) is 3.34. The number of rotatable bonds is 4. The highest BCUT2D eigenvalue weighted by Crippen LogP contribution is 1.99. The number of carbonyl (C=O) groups is 2. The Labute approximate surface area is 64.6 Å². The van der Waals surface area contributed by atoms with Crippen molar-refractivity contribution in [1.82, 2.24) is 5.32 Å². The average Bonchev–Trinajstić information content (AvgIpc) is 1.87. The molecule has 11 heavy (non-hydrogen) atoms. The average molecular weight is 160 g/mol. The van der Waals surface area contributed by atoms with Gasteiger partial charge in [-0.1, -0.05) is 6.92 Å².